The average Bonchev–Trinajstić information content (AvgIpc) is 3.13. The van der Waals surface area contributed by atoms with Gasteiger partial charge in [-0.05, 0) is 62.9 Å². The first-order valence-corrected chi connectivity index (χ1v) is 12.8. The van der Waals surface area contributed by atoms with Crippen LogP contribution in [-0.4, -0.2) is 67.0 Å². The summed E-state index contributed by atoms with van der Waals surface area (Å²) >= 11 is 0. The molecule has 32 heavy (non-hydrogen) atoms. The average molecular weight is 457 g/mol. The maximum absolute atomic E-state index is 13.1. The van der Waals surface area contributed by atoms with Gasteiger partial charge in [0.1, 0.15) is 5.82 Å². The lowest BCUT2D eigenvalue weighted by molar-refractivity contribution is 0.0746. The molecule has 0 aliphatic carbocycles. The molecule has 8 heteroatoms. The van der Waals surface area contributed by atoms with Gasteiger partial charge in [0, 0.05) is 44.5 Å². The molecule has 0 unspecified atom stereocenters. The number of nitrogens with zero attached hydrogens (tertiary/aromatic N) is 4. The van der Waals surface area contributed by atoms with Gasteiger partial charge in [0.05, 0.1) is 11.3 Å². The van der Waals surface area contributed by atoms with E-state index in [1.807, 2.05) is 56.1 Å². The third-order valence-corrected chi connectivity index (χ3v) is 8.73. The second kappa shape index (κ2) is 8.48. The smallest absolute Gasteiger partial charge is 0.253 e. The molecule has 0 spiro atoms. The number of anilines is 1. The number of sulfonamides is 1. The van der Waals surface area contributed by atoms with Crippen LogP contribution in [0.25, 0.3) is 0 Å². The van der Waals surface area contributed by atoms with Gasteiger partial charge in [-0.3, -0.25) is 4.79 Å². The zero-order valence-electron chi connectivity index (χ0n) is 19.3. The van der Waals surface area contributed by atoms with Crippen LogP contribution >= 0.6 is 0 Å². The van der Waals surface area contributed by atoms with Crippen molar-refractivity contribution in [3.63, 3.8) is 0 Å². The highest BCUT2D eigenvalue weighted by Gasteiger charge is 2.40. The predicted octanol–water partition coefficient (Wildman–Crippen LogP) is 2.93. The van der Waals surface area contributed by atoms with Gasteiger partial charge in [-0.1, -0.05) is 18.2 Å². The van der Waals surface area contributed by atoms with Crippen LogP contribution in [0, 0.1) is 13.8 Å². The number of piperazine rings is 1. The quantitative estimate of drug-likeness (QED) is 0.707. The first-order valence-electron chi connectivity index (χ1n) is 11.2. The molecular weight excluding hydrogens is 424 g/mol. The maximum Gasteiger partial charge on any atom is 0.253 e. The van der Waals surface area contributed by atoms with Gasteiger partial charge in [-0.2, -0.15) is 4.31 Å². The molecule has 4 rings (SSSR count). The van der Waals surface area contributed by atoms with Gasteiger partial charge in [-0.25, -0.2) is 13.4 Å². The van der Waals surface area contributed by atoms with Gasteiger partial charge in [0.2, 0.25) is 10.0 Å². The fourth-order valence-corrected chi connectivity index (χ4v) is 6.70. The predicted molar refractivity (Wildman–Crippen MR) is 126 cm³/mol. The van der Waals surface area contributed by atoms with Crippen molar-refractivity contribution < 1.29 is 13.2 Å². The maximum atomic E-state index is 13.1. The van der Waals surface area contributed by atoms with Crippen LogP contribution in [0.5, 0.6) is 0 Å². The van der Waals surface area contributed by atoms with E-state index in [1.54, 1.807) is 4.31 Å². The first-order chi connectivity index (χ1) is 15.1. The number of amides is 1. The molecule has 1 amide bonds. The Morgan fingerprint density at radius 2 is 1.66 bits per heavy atom. The topological polar surface area (TPSA) is 73.8 Å². The van der Waals surface area contributed by atoms with Gasteiger partial charge >= 0.3 is 0 Å². The van der Waals surface area contributed by atoms with Crippen molar-refractivity contribution in [2.75, 3.05) is 43.4 Å². The van der Waals surface area contributed by atoms with Gasteiger partial charge in [0.15, 0.2) is 0 Å². The molecule has 2 aliphatic rings. The largest absolute Gasteiger partial charge is 0.353 e. The molecule has 2 saturated heterocycles. The molecule has 2 fully saturated rings. The first kappa shape index (κ1) is 22.7. The molecule has 2 aromatic rings. The van der Waals surface area contributed by atoms with Crippen LogP contribution in [-0.2, 0) is 15.6 Å². The molecular formula is C24H32N4O3S. The lowest BCUT2D eigenvalue weighted by atomic mass is 9.93. The van der Waals surface area contributed by atoms with E-state index in [0.717, 1.165) is 35.6 Å². The Morgan fingerprint density at radius 1 is 1.00 bits per heavy atom. The van der Waals surface area contributed by atoms with E-state index in [9.17, 15) is 13.2 Å². The Bertz CT molecular complexity index is 1100. The molecule has 0 radical (unpaired) electrons. The summed E-state index contributed by atoms with van der Waals surface area (Å²) in [6.45, 7) is 11.3. The van der Waals surface area contributed by atoms with E-state index in [4.69, 9.17) is 0 Å². The summed E-state index contributed by atoms with van der Waals surface area (Å²) in [5.74, 6) is 1.21. The highest BCUT2D eigenvalue weighted by atomic mass is 32.2. The minimum atomic E-state index is -3.22. The van der Waals surface area contributed by atoms with Crippen molar-refractivity contribution in [2.24, 2.45) is 0 Å². The number of aromatic nitrogens is 1. The van der Waals surface area contributed by atoms with Crippen molar-refractivity contribution in [3.05, 3.63) is 58.8 Å². The third-order valence-electron chi connectivity index (χ3n) is 6.61. The van der Waals surface area contributed by atoms with E-state index in [0.29, 0.717) is 31.6 Å². The normalized spacial score (nSPS) is 19.4. The van der Waals surface area contributed by atoms with Crippen LogP contribution < -0.4 is 4.90 Å². The SMILES string of the molecule is Cc1cnc(N2CCN(C(=O)c3ccc(C(C)(C)N4CCCS4(=O)=O)cc3)CC2)c(C)c1. The van der Waals surface area contributed by atoms with E-state index >= 15 is 0 Å². The Labute approximate surface area is 191 Å². The Morgan fingerprint density at radius 3 is 2.22 bits per heavy atom. The number of rotatable bonds is 4. The second-order valence-electron chi connectivity index (χ2n) is 9.31. The number of benzene rings is 1. The minimum Gasteiger partial charge on any atom is -0.353 e. The summed E-state index contributed by atoms with van der Waals surface area (Å²) in [7, 11) is -3.22. The molecule has 7 nitrogen and oxygen atoms in total. The monoisotopic (exact) mass is 456 g/mol. The van der Waals surface area contributed by atoms with Gasteiger partial charge in [0.25, 0.3) is 5.91 Å². The van der Waals surface area contributed by atoms with Crippen LogP contribution in [0.2, 0.25) is 0 Å². The number of carbonyl (C=O) groups excluding carboxylic acids is 1. The van der Waals surface area contributed by atoms with Crippen LogP contribution in [0.15, 0.2) is 36.5 Å². The molecule has 0 N–H and O–H groups in total. The minimum absolute atomic E-state index is 0.0105. The lowest BCUT2D eigenvalue weighted by Crippen LogP contribution is -2.49. The van der Waals surface area contributed by atoms with Crippen molar-refractivity contribution in [2.45, 2.75) is 39.7 Å². The fraction of sp³-hybridized carbons (Fsp3) is 0.500. The molecule has 0 bridgehead atoms. The Hall–Kier alpha value is -2.45. The lowest BCUT2D eigenvalue weighted by Gasteiger charge is -2.36. The molecule has 1 aromatic carbocycles. The molecule has 172 valence electrons. The molecule has 3 heterocycles. The number of aryl methyl sites for hydroxylation is 2. The number of hydrogen-bond acceptors (Lipinski definition) is 5. The third kappa shape index (κ3) is 4.26. The van der Waals surface area contributed by atoms with Crippen molar-refractivity contribution in [1.82, 2.24) is 14.2 Å². The molecule has 1 aromatic heterocycles. The summed E-state index contributed by atoms with van der Waals surface area (Å²) in [6, 6.07) is 9.55. The van der Waals surface area contributed by atoms with Crippen LogP contribution in [0.1, 0.15) is 47.3 Å². The van der Waals surface area contributed by atoms with Crippen molar-refractivity contribution in [1.29, 1.82) is 0 Å². The molecule has 2 aliphatic heterocycles. The van der Waals surface area contributed by atoms with Crippen molar-refractivity contribution >= 4 is 21.7 Å². The Kier molecular flexibility index (Phi) is 6.02. The van der Waals surface area contributed by atoms with Gasteiger partial charge < -0.3 is 9.80 Å². The van der Waals surface area contributed by atoms with Crippen LogP contribution in [0.3, 0.4) is 0 Å². The zero-order chi connectivity index (χ0) is 23.1. The molecule has 0 atom stereocenters. The highest BCUT2D eigenvalue weighted by Crippen LogP contribution is 2.34. The van der Waals surface area contributed by atoms with Gasteiger partial charge in [-0.15, -0.1) is 0 Å². The number of hydrogen-bond donors (Lipinski definition) is 0. The van der Waals surface area contributed by atoms with Crippen LogP contribution in [0.4, 0.5) is 5.82 Å². The van der Waals surface area contributed by atoms with E-state index in [2.05, 4.69) is 22.9 Å². The number of pyridine rings is 1. The van der Waals surface area contributed by atoms with E-state index in [-0.39, 0.29) is 11.7 Å². The summed E-state index contributed by atoms with van der Waals surface area (Å²) in [6.07, 6.45) is 2.54. The zero-order valence-corrected chi connectivity index (χ0v) is 20.2. The summed E-state index contributed by atoms with van der Waals surface area (Å²) in [5, 5.41) is 0. The summed E-state index contributed by atoms with van der Waals surface area (Å²) in [4.78, 5) is 21.8. The summed E-state index contributed by atoms with van der Waals surface area (Å²) < 4.78 is 26.4. The van der Waals surface area contributed by atoms with E-state index < -0.39 is 15.6 Å². The highest BCUT2D eigenvalue weighted by molar-refractivity contribution is 7.89. The molecule has 0 saturated carbocycles. The fourth-order valence-electron chi connectivity index (χ4n) is 4.77. The standard InChI is InChI=1S/C24H32N4O3S/c1-18-16-19(2)22(25-17-18)26-11-13-27(14-12-26)23(29)20-6-8-21(9-7-20)24(3,4)28-10-5-15-32(28,30)31/h6-9,16-17H,5,10-15H2,1-4H3. The van der Waals surface area contributed by atoms with Crippen molar-refractivity contribution in [3.8, 4) is 0 Å². The second-order valence-corrected chi connectivity index (χ2v) is 11.3. The van der Waals surface area contributed by atoms with E-state index in [1.165, 1.54) is 0 Å². The Balaban J connectivity index is 1.42. The number of carbonyl (C=O) groups is 1. The summed E-state index contributed by atoms with van der Waals surface area (Å²) in [5.41, 5.74) is 3.19.